The van der Waals surface area contributed by atoms with Gasteiger partial charge in [-0.25, -0.2) is 9.97 Å². The smallest absolute Gasteiger partial charge is 0.266 e. The second-order valence-corrected chi connectivity index (χ2v) is 5.91. The van der Waals surface area contributed by atoms with Crippen molar-refractivity contribution in [2.75, 3.05) is 0 Å². The van der Waals surface area contributed by atoms with Crippen molar-refractivity contribution >= 4 is 17.0 Å². The molecule has 0 spiro atoms. The Morgan fingerprint density at radius 3 is 2.88 bits per heavy atom. The fourth-order valence-electron chi connectivity index (χ4n) is 2.05. The van der Waals surface area contributed by atoms with Crippen LogP contribution in [-0.2, 0) is 0 Å². The lowest BCUT2D eigenvalue weighted by atomic mass is 10.3. The highest BCUT2D eigenvalue weighted by atomic mass is 32.1. The highest BCUT2D eigenvalue weighted by Gasteiger charge is 2.13. The van der Waals surface area contributed by atoms with Gasteiger partial charge in [0.05, 0.1) is 16.3 Å². The number of rotatable bonds is 4. The van der Waals surface area contributed by atoms with Crippen LogP contribution in [0.1, 0.15) is 23.1 Å². The first-order valence-electron chi connectivity index (χ1n) is 7.14. The summed E-state index contributed by atoms with van der Waals surface area (Å²) in [6.07, 6.45) is 5.06. The van der Waals surface area contributed by atoms with E-state index in [1.807, 2.05) is 32.0 Å². The average molecular weight is 335 g/mol. The first kappa shape index (κ1) is 15.8. The third-order valence-electron chi connectivity index (χ3n) is 3.19. The van der Waals surface area contributed by atoms with Crippen molar-refractivity contribution in [3.05, 3.63) is 59.0 Å². The molecule has 3 heterocycles. The summed E-state index contributed by atoms with van der Waals surface area (Å²) in [6, 6.07) is 9.17. The van der Waals surface area contributed by atoms with E-state index in [1.165, 1.54) is 11.3 Å². The molecule has 0 aliphatic rings. The van der Waals surface area contributed by atoms with Gasteiger partial charge in [-0.05, 0) is 38.1 Å². The Kier molecular flexibility index (Phi) is 4.59. The summed E-state index contributed by atoms with van der Waals surface area (Å²) < 4.78 is 0. The summed E-state index contributed by atoms with van der Waals surface area (Å²) in [4.78, 5) is 19.0. The Morgan fingerprint density at radius 1 is 1.29 bits per heavy atom. The van der Waals surface area contributed by atoms with Crippen LogP contribution in [0.25, 0.3) is 10.6 Å². The molecule has 0 aliphatic heterocycles. The van der Waals surface area contributed by atoms with Crippen molar-refractivity contribution < 1.29 is 4.84 Å². The largest absolute Gasteiger partial charge is 0.335 e. The highest BCUT2D eigenvalue weighted by molar-refractivity contribution is 7.17. The maximum absolute atomic E-state index is 9.04. The third-order valence-corrected chi connectivity index (χ3v) is 4.51. The molecular formula is C17H13N5OS. The van der Waals surface area contributed by atoms with Crippen molar-refractivity contribution in [1.82, 2.24) is 15.0 Å². The van der Waals surface area contributed by atoms with Crippen molar-refractivity contribution in [1.29, 1.82) is 5.26 Å². The molecule has 0 fully saturated rings. The molecule has 0 amide bonds. The van der Waals surface area contributed by atoms with Gasteiger partial charge in [0.15, 0.2) is 0 Å². The maximum Gasteiger partial charge on any atom is 0.266 e. The van der Waals surface area contributed by atoms with Crippen LogP contribution in [0, 0.1) is 18.3 Å². The Balaban J connectivity index is 1.86. The van der Waals surface area contributed by atoms with Crippen LogP contribution in [0.5, 0.6) is 5.88 Å². The predicted octanol–water partition coefficient (Wildman–Crippen LogP) is 3.58. The van der Waals surface area contributed by atoms with Gasteiger partial charge in [0.1, 0.15) is 16.6 Å². The maximum atomic E-state index is 9.04. The predicted molar refractivity (Wildman–Crippen MR) is 91.9 cm³/mol. The van der Waals surface area contributed by atoms with Crippen molar-refractivity contribution in [2.45, 2.75) is 13.8 Å². The van der Waals surface area contributed by atoms with Gasteiger partial charge in [-0.15, -0.1) is 11.3 Å². The number of pyridine rings is 2. The van der Waals surface area contributed by atoms with Crippen LogP contribution < -0.4 is 4.84 Å². The Labute approximate surface area is 143 Å². The molecule has 0 aromatic carbocycles. The van der Waals surface area contributed by atoms with E-state index in [4.69, 9.17) is 10.1 Å². The monoisotopic (exact) mass is 335 g/mol. The summed E-state index contributed by atoms with van der Waals surface area (Å²) >= 11 is 1.52. The number of hydrogen-bond donors (Lipinski definition) is 0. The van der Waals surface area contributed by atoms with E-state index in [0.717, 1.165) is 21.1 Å². The van der Waals surface area contributed by atoms with E-state index in [0.29, 0.717) is 11.3 Å². The number of aromatic nitrogens is 3. The summed E-state index contributed by atoms with van der Waals surface area (Å²) in [7, 11) is 0. The van der Waals surface area contributed by atoms with E-state index >= 15 is 0 Å². The van der Waals surface area contributed by atoms with E-state index in [2.05, 4.69) is 20.1 Å². The van der Waals surface area contributed by atoms with Gasteiger partial charge in [0.25, 0.3) is 5.88 Å². The second kappa shape index (κ2) is 6.98. The molecule has 0 N–H and O–H groups in total. The second-order valence-electron chi connectivity index (χ2n) is 4.91. The fourth-order valence-corrected chi connectivity index (χ4v) is 3.04. The Morgan fingerprint density at radius 2 is 2.12 bits per heavy atom. The molecule has 6 nitrogen and oxygen atoms in total. The van der Waals surface area contributed by atoms with E-state index < -0.39 is 0 Å². The van der Waals surface area contributed by atoms with Crippen LogP contribution >= 0.6 is 11.3 Å². The Bertz CT molecular complexity index is 928. The first-order valence-corrected chi connectivity index (χ1v) is 7.95. The molecule has 24 heavy (non-hydrogen) atoms. The summed E-state index contributed by atoms with van der Waals surface area (Å²) in [5.74, 6) is 0.189. The minimum atomic E-state index is 0.189. The molecule has 3 aromatic rings. The molecule has 0 radical (unpaired) electrons. The van der Waals surface area contributed by atoms with Gasteiger partial charge in [-0.2, -0.15) is 5.26 Å². The molecule has 3 aromatic heterocycles. The Hall–Kier alpha value is -3.11. The standard InChI is InChI=1S/C17H13N5OS/c1-11-15(24-17(21-11)14-6-3-7-19-10-14)12(2)22-23-16-13(9-18)5-4-8-20-16/h3-8,10H,1-2H3/b22-12+. The number of oxime groups is 1. The number of thiazole rings is 1. The molecule has 0 atom stereocenters. The molecule has 118 valence electrons. The molecule has 0 unspecified atom stereocenters. The van der Waals surface area contributed by atoms with Crippen LogP contribution in [0.4, 0.5) is 0 Å². The van der Waals surface area contributed by atoms with Crippen LogP contribution in [0.3, 0.4) is 0 Å². The third kappa shape index (κ3) is 3.29. The lowest BCUT2D eigenvalue weighted by Gasteiger charge is -2.01. The normalized spacial score (nSPS) is 11.1. The van der Waals surface area contributed by atoms with Gasteiger partial charge in [0, 0.05) is 24.2 Å². The SMILES string of the molecule is C/C(=N\Oc1ncccc1C#N)c1sc(-c2cccnc2)nc1C. The summed E-state index contributed by atoms with van der Waals surface area (Å²) in [5.41, 5.74) is 2.84. The first-order chi connectivity index (χ1) is 11.7. The summed E-state index contributed by atoms with van der Waals surface area (Å²) in [6.45, 7) is 3.76. The van der Waals surface area contributed by atoms with E-state index in [9.17, 15) is 0 Å². The van der Waals surface area contributed by atoms with Crippen LogP contribution in [0.2, 0.25) is 0 Å². The quantitative estimate of drug-likeness (QED) is 0.537. The number of aryl methyl sites for hydroxylation is 1. The van der Waals surface area contributed by atoms with E-state index in [1.54, 1.807) is 30.7 Å². The molecular weight excluding hydrogens is 322 g/mol. The lowest BCUT2D eigenvalue weighted by molar-refractivity contribution is 0.326. The minimum absolute atomic E-state index is 0.189. The highest BCUT2D eigenvalue weighted by Crippen LogP contribution is 2.28. The van der Waals surface area contributed by atoms with Crippen molar-refractivity contribution in [3.63, 3.8) is 0 Å². The van der Waals surface area contributed by atoms with Crippen molar-refractivity contribution in [3.8, 4) is 22.5 Å². The lowest BCUT2D eigenvalue weighted by Crippen LogP contribution is -1.99. The fraction of sp³-hybridized carbons (Fsp3) is 0.118. The van der Waals surface area contributed by atoms with Crippen molar-refractivity contribution in [2.24, 2.45) is 5.16 Å². The van der Waals surface area contributed by atoms with Gasteiger partial charge in [-0.1, -0.05) is 5.16 Å². The number of hydrogen-bond acceptors (Lipinski definition) is 7. The van der Waals surface area contributed by atoms with Gasteiger partial charge < -0.3 is 4.84 Å². The number of nitrogens with zero attached hydrogens (tertiary/aromatic N) is 5. The van der Waals surface area contributed by atoms with Gasteiger partial charge in [-0.3, -0.25) is 4.98 Å². The zero-order chi connectivity index (χ0) is 16.9. The topological polar surface area (TPSA) is 84.0 Å². The van der Waals surface area contributed by atoms with Gasteiger partial charge in [0.2, 0.25) is 0 Å². The molecule has 0 saturated heterocycles. The van der Waals surface area contributed by atoms with Gasteiger partial charge >= 0.3 is 0 Å². The molecule has 0 saturated carbocycles. The minimum Gasteiger partial charge on any atom is -0.335 e. The molecule has 0 bridgehead atoms. The van der Waals surface area contributed by atoms with E-state index in [-0.39, 0.29) is 5.88 Å². The van der Waals surface area contributed by atoms with Crippen LogP contribution in [-0.4, -0.2) is 20.7 Å². The summed E-state index contributed by atoms with van der Waals surface area (Å²) in [5, 5.41) is 14.0. The molecule has 7 heteroatoms. The van der Waals surface area contributed by atoms with Crippen LogP contribution in [0.15, 0.2) is 48.0 Å². The average Bonchev–Trinajstić information content (AvgIpc) is 3.02. The number of nitriles is 1. The zero-order valence-corrected chi connectivity index (χ0v) is 13.9. The molecule has 3 rings (SSSR count). The molecule has 0 aliphatic carbocycles. The zero-order valence-electron chi connectivity index (χ0n) is 13.1.